The molecular weight excluding hydrogens is 343 g/mol. The fourth-order valence-electron chi connectivity index (χ4n) is 1.98. The van der Waals surface area contributed by atoms with Gasteiger partial charge in [-0.25, -0.2) is 0 Å². The van der Waals surface area contributed by atoms with Crippen molar-refractivity contribution in [3.05, 3.63) is 69.7 Å². The molecule has 1 N–H and O–H groups in total. The average molecular weight is 358 g/mol. The number of benzene rings is 2. The summed E-state index contributed by atoms with van der Waals surface area (Å²) in [5.74, 6) is 0. The van der Waals surface area contributed by atoms with Gasteiger partial charge < -0.3 is 5.32 Å². The van der Waals surface area contributed by atoms with Crippen molar-refractivity contribution in [1.29, 1.82) is 0 Å². The van der Waals surface area contributed by atoms with Crippen molar-refractivity contribution in [3.63, 3.8) is 0 Å². The van der Waals surface area contributed by atoms with Crippen molar-refractivity contribution in [1.82, 2.24) is 5.32 Å². The topological polar surface area (TPSA) is 12.0 Å². The maximum atomic E-state index is 12.5. The van der Waals surface area contributed by atoms with Crippen LogP contribution in [0.2, 0.25) is 0 Å². The fraction of sp³-hybridized carbons (Fsp3) is 0.250. The zero-order valence-corrected chi connectivity index (χ0v) is 13.0. The lowest BCUT2D eigenvalue weighted by Gasteiger charge is -2.16. The third-order valence-corrected chi connectivity index (χ3v) is 4.07. The maximum absolute atomic E-state index is 12.5. The van der Waals surface area contributed by atoms with Gasteiger partial charge in [-0.1, -0.05) is 46.3 Å². The predicted molar refractivity (Wildman–Crippen MR) is 80.8 cm³/mol. The molecule has 0 spiro atoms. The molecule has 0 bridgehead atoms. The maximum Gasteiger partial charge on any atom is 0.416 e. The molecule has 1 unspecified atom stereocenters. The molecule has 2 aromatic rings. The van der Waals surface area contributed by atoms with Crippen molar-refractivity contribution >= 4 is 15.9 Å². The van der Waals surface area contributed by atoms with Crippen molar-refractivity contribution in [3.8, 4) is 0 Å². The molecule has 0 amide bonds. The standard InChI is InChI=1S/C16H15BrF3N/c1-11(21-10-13-4-2-3-5-15(13)17)12-6-8-14(9-7-12)16(18,19)20/h2-9,11,21H,10H2,1H3. The van der Waals surface area contributed by atoms with E-state index in [4.69, 9.17) is 0 Å². The number of halogens is 4. The molecule has 2 aromatic carbocycles. The SMILES string of the molecule is CC(NCc1ccccc1Br)c1ccc(C(F)(F)F)cc1. The van der Waals surface area contributed by atoms with Gasteiger partial charge in [0, 0.05) is 17.1 Å². The van der Waals surface area contributed by atoms with E-state index in [1.807, 2.05) is 31.2 Å². The summed E-state index contributed by atoms with van der Waals surface area (Å²) in [7, 11) is 0. The van der Waals surface area contributed by atoms with Gasteiger partial charge >= 0.3 is 6.18 Å². The van der Waals surface area contributed by atoms with Crippen LogP contribution in [0.3, 0.4) is 0 Å². The van der Waals surface area contributed by atoms with Crippen molar-refractivity contribution in [2.45, 2.75) is 25.7 Å². The van der Waals surface area contributed by atoms with E-state index in [1.165, 1.54) is 12.1 Å². The lowest BCUT2D eigenvalue weighted by molar-refractivity contribution is -0.137. The van der Waals surface area contributed by atoms with Gasteiger partial charge in [0.2, 0.25) is 0 Å². The quantitative estimate of drug-likeness (QED) is 0.780. The highest BCUT2D eigenvalue weighted by molar-refractivity contribution is 9.10. The molecule has 0 radical (unpaired) electrons. The molecule has 1 nitrogen and oxygen atoms in total. The summed E-state index contributed by atoms with van der Waals surface area (Å²) in [6.45, 7) is 2.57. The second-order valence-electron chi connectivity index (χ2n) is 4.81. The van der Waals surface area contributed by atoms with Gasteiger partial charge in [0.25, 0.3) is 0 Å². The van der Waals surface area contributed by atoms with Crippen LogP contribution in [0.1, 0.15) is 29.7 Å². The molecule has 0 aliphatic carbocycles. The zero-order chi connectivity index (χ0) is 15.5. The van der Waals surface area contributed by atoms with E-state index in [-0.39, 0.29) is 6.04 Å². The first kappa shape index (κ1) is 16.0. The number of alkyl halides is 3. The molecule has 0 saturated carbocycles. The van der Waals surface area contributed by atoms with Crippen molar-refractivity contribution in [2.75, 3.05) is 0 Å². The second-order valence-corrected chi connectivity index (χ2v) is 5.67. The Bertz CT molecular complexity index is 593. The predicted octanol–water partition coefficient (Wildman–Crippen LogP) is 5.32. The number of hydrogen-bond donors (Lipinski definition) is 1. The minimum absolute atomic E-state index is 0.0283. The molecule has 0 saturated heterocycles. The molecule has 0 heterocycles. The second kappa shape index (κ2) is 6.62. The third-order valence-electron chi connectivity index (χ3n) is 3.29. The lowest BCUT2D eigenvalue weighted by Crippen LogP contribution is -2.18. The average Bonchev–Trinajstić information content (AvgIpc) is 2.45. The van der Waals surface area contributed by atoms with Crippen LogP contribution in [0, 0.1) is 0 Å². The molecule has 0 aliphatic rings. The Kier molecular flexibility index (Phi) is 5.06. The van der Waals surface area contributed by atoms with Gasteiger partial charge in [-0.3, -0.25) is 0 Å². The molecule has 2 rings (SSSR count). The summed E-state index contributed by atoms with van der Waals surface area (Å²) in [4.78, 5) is 0. The van der Waals surface area contributed by atoms with Crippen LogP contribution in [0.15, 0.2) is 53.0 Å². The summed E-state index contributed by atoms with van der Waals surface area (Å²) >= 11 is 3.47. The normalized spacial score (nSPS) is 13.2. The Labute approximate surface area is 130 Å². The first-order valence-corrected chi connectivity index (χ1v) is 7.31. The third kappa shape index (κ3) is 4.32. The van der Waals surface area contributed by atoms with E-state index in [0.29, 0.717) is 6.54 Å². The van der Waals surface area contributed by atoms with Crippen LogP contribution in [0.5, 0.6) is 0 Å². The Morgan fingerprint density at radius 1 is 1.05 bits per heavy atom. The van der Waals surface area contributed by atoms with Gasteiger partial charge in [0.1, 0.15) is 0 Å². The molecule has 112 valence electrons. The van der Waals surface area contributed by atoms with E-state index in [2.05, 4.69) is 21.2 Å². The van der Waals surface area contributed by atoms with Gasteiger partial charge in [-0.2, -0.15) is 13.2 Å². The summed E-state index contributed by atoms with van der Waals surface area (Å²) in [6, 6.07) is 13.1. The molecular formula is C16H15BrF3N. The van der Waals surface area contributed by atoms with E-state index in [9.17, 15) is 13.2 Å². The van der Waals surface area contributed by atoms with Crippen LogP contribution in [0.4, 0.5) is 13.2 Å². The van der Waals surface area contributed by atoms with Crippen molar-refractivity contribution in [2.24, 2.45) is 0 Å². The Hall–Kier alpha value is -1.33. The van der Waals surface area contributed by atoms with E-state index in [0.717, 1.165) is 27.7 Å². The molecule has 21 heavy (non-hydrogen) atoms. The fourth-order valence-corrected chi connectivity index (χ4v) is 2.41. The van der Waals surface area contributed by atoms with Crippen LogP contribution < -0.4 is 5.32 Å². The largest absolute Gasteiger partial charge is 0.416 e. The number of rotatable bonds is 4. The van der Waals surface area contributed by atoms with E-state index >= 15 is 0 Å². The molecule has 0 fully saturated rings. The monoisotopic (exact) mass is 357 g/mol. The minimum Gasteiger partial charge on any atom is -0.306 e. The summed E-state index contributed by atoms with van der Waals surface area (Å²) in [5.41, 5.74) is 1.32. The highest BCUT2D eigenvalue weighted by Gasteiger charge is 2.30. The Morgan fingerprint density at radius 2 is 1.67 bits per heavy atom. The minimum atomic E-state index is -4.29. The van der Waals surface area contributed by atoms with E-state index < -0.39 is 11.7 Å². The molecule has 1 atom stereocenters. The summed E-state index contributed by atoms with van der Waals surface area (Å²) in [6.07, 6.45) is -4.29. The lowest BCUT2D eigenvalue weighted by atomic mass is 10.1. The van der Waals surface area contributed by atoms with Crippen LogP contribution in [-0.4, -0.2) is 0 Å². The molecule has 5 heteroatoms. The Morgan fingerprint density at radius 3 is 2.24 bits per heavy atom. The first-order chi connectivity index (χ1) is 9.88. The number of hydrogen-bond acceptors (Lipinski definition) is 1. The highest BCUT2D eigenvalue weighted by atomic mass is 79.9. The van der Waals surface area contributed by atoms with Gasteiger partial charge in [0.05, 0.1) is 5.56 Å². The van der Waals surface area contributed by atoms with Crippen LogP contribution >= 0.6 is 15.9 Å². The number of nitrogens with one attached hydrogen (secondary N) is 1. The summed E-state index contributed by atoms with van der Waals surface area (Å²) < 4.78 is 38.6. The summed E-state index contributed by atoms with van der Waals surface area (Å²) in [5, 5.41) is 3.30. The molecule has 0 aromatic heterocycles. The smallest absolute Gasteiger partial charge is 0.306 e. The van der Waals surface area contributed by atoms with Crippen LogP contribution in [-0.2, 0) is 12.7 Å². The van der Waals surface area contributed by atoms with Crippen LogP contribution in [0.25, 0.3) is 0 Å². The highest BCUT2D eigenvalue weighted by Crippen LogP contribution is 2.30. The van der Waals surface area contributed by atoms with E-state index in [1.54, 1.807) is 0 Å². The zero-order valence-electron chi connectivity index (χ0n) is 11.4. The van der Waals surface area contributed by atoms with Gasteiger partial charge in [-0.15, -0.1) is 0 Å². The molecule has 0 aliphatic heterocycles. The van der Waals surface area contributed by atoms with Gasteiger partial charge in [-0.05, 0) is 36.2 Å². The van der Waals surface area contributed by atoms with Gasteiger partial charge in [0.15, 0.2) is 0 Å². The van der Waals surface area contributed by atoms with Crippen molar-refractivity contribution < 1.29 is 13.2 Å². The Balaban J connectivity index is 2.01. The first-order valence-electron chi connectivity index (χ1n) is 6.52.